The van der Waals surface area contributed by atoms with Crippen molar-refractivity contribution in [2.45, 2.75) is 18.7 Å². The Morgan fingerprint density at radius 2 is 1.82 bits per heavy atom. The van der Waals surface area contributed by atoms with Gasteiger partial charge in [-0.1, -0.05) is 55.2 Å². The predicted octanol–water partition coefficient (Wildman–Crippen LogP) is 6.54. The molecule has 0 unspecified atom stereocenters. The number of nitrogens with one attached hydrogen (secondary N) is 3. The van der Waals surface area contributed by atoms with Crippen molar-refractivity contribution in [3.8, 4) is 11.1 Å². The van der Waals surface area contributed by atoms with Crippen molar-refractivity contribution in [2.75, 3.05) is 16.6 Å². The number of hydrogen-bond donors (Lipinski definition) is 3. The first-order valence-corrected chi connectivity index (χ1v) is 12.4. The minimum atomic E-state index is -3.95. The van der Waals surface area contributed by atoms with E-state index in [0.29, 0.717) is 51.0 Å². The molecule has 4 aromatic rings. The van der Waals surface area contributed by atoms with E-state index >= 15 is 0 Å². The number of fused-ring (bicyclic) bond motifs is 1. The van der Waals surface area contributed by atoms with Crippen molar-refractivity contribution in [2.24, 2.45) is 5.92 Å². The van der Waals surface area contributed by atoms with Gasteiger partial charge in [-0.05, 0) is 53.4 Å². The molecule has 0 aliphatic heterocycles. The normalized spacial score (nSPS) is 11.8. The van der Waals surface area contributed by atoms with Gasteiger partial charge in [-0.3, -0.25) is 9.82 Å². The fourth-order valence-electron chi connectivity index (χ4n) is 3.33. The van der Waals surface area contributed by atoms with Gasteiger partial charge in [0.1, 0.15) is 16.5 Å². The first kappa shape index (κ1) is 23.4. The Morgan fingerprint density at radius 3 is 2.55 bits per heavy atom. The molecular formula is C23H21Cl2FN4O2S. The Morgan fingerprint density at radius 1 is 1.06 bits per heavy atom. The molecule has 3 N–H and O–H groups in total. The molecule has 1 aromatic heterocycles. The largest absolute Gasteiger partial charge is 0.383 e. The lowest BCUT2D eigenvalue weighted by atomic mass is 10.1. The molecule has 0 radical (unpaired) electrons. The molecule has 0 saturated carbocycles. The van der Waals surface area contributed by atoms with Crippen LogP contribution < -0.4 is 10.0 Å². The number of nitrogens with zero attached hydrogens (tertiary/aromatic N) is 1. The van der Waals surface area contributed by atoms with Crippen LogP contribution in [0.5, 0.6) is 0 Å². The van der Waals surface area contributed by atoms with Crippen LogP contribution in [0.2, 0.25) is 10.2 Å². The zero-order valence-electron chi connectivity index (χ0n) is 17.8. The second-order valence-electron chi connectivity index (χ2n) is 7.99. The van der Waals surface area contributed by atoms with Crippen LogP contribution in [0.15, 0.2) is 59.5 Å². The van der Waals surface area contributed by atoms with Crippen LogP contribution in [-0.2, 0) is 10.0 Å². The highest BCUT2D eigenvalue weighted by molar-refractivity contribution is 7.92. The fraction of sp³-hybridized carbons (Fsp3) is 0.174. The van der Waals surface area contributed by atoms with Crippen molar-refractivity contribution in [3.05, 3.63) is 70.6 Å². The fourth-order valence-corrected chi connectivity index (χ4v) is 4.72. The molecular weight excluding hydrogens is 486 g/mol. The third-order valence-electron chi connectivity index (χ3n) is 4.96. The van der Waals surface area contributed by atoms with Crippen LogP contribution in [0.4, 0.5) is 15.8 Å². The minimum Gasteiger partial charge on any atom is -0.383 e. The Bertz CT molecular complexity index is 1440. The van der Waals surface area contributed by atoms with E-state index in [4.69, 9.17) is 23.2 Å². The van der Waals surface area contributed by atoms with Crippen molar-refractivity contribution in [3.63, 3.8) is 0 Å². The summed E-state index contributed by atoms with van der Waals surface area (Å²) < 4.78 is 42.8. The minimum absolute atomic E-state index is 0.000581. The Balaban J connectivity index is 1.69. The first-order chi connectivity index (χ1) is 15.6. The molecule has 172 valence electrons. The van der Waals surface area contributed by atoms with Gasteiger partial charge in [0, 0.05) is 11.9 Å². The van der Waals surface area contributed by atoms with Gasteiger partial charge < -0.3 is 5.32 Å². The van der Waals surface area contributed by atoms with Crippen molar-refractivity contribution in [1.29, 1.82) is 0 Å². The van der Waals surface area contributed by atoms with E-state index in [1.807, 2.05) is 0 Å². The number of halogens is 3. The molecule has 0 aliphatic carbocycles. The summed E-state index contributed by atoms with van der Waals surface area (Å²) in [4.78, 5) is 0.0328. The second-order valence-corrected chi connectivity index (χ2v) is 10.5. The predicted molar refractivity (Wildman–Crippen MR) is 132 cm³/mol. The lowest BCUT2D eigenvalue weighted by molar-refractivity contribution is 0.601. The average molecular weight is 507 g/mol. The first-order valence-electron chi connectivity index (χ1n) is 10.1. The summed E-state index contributed by atoms with van der Waals surface area (Å²) in [6.07, 6.45) is 0. The summed E-state index contributed by atoms with van der Waals surface area (Å²) in [7, 11) is -3.95. The highest BCUT2D eigenvalue weighted by atomic mass is 35.5. The van der Waals surface area contributed by atoms with Gasteiger partial charge in [0.2, 0.25) is 0 Å². The molecule has 0 saturated heterocycles. The van der Waals surface area contributed by atoms with Crippen LogP contribution in [0.3, 0.4) is 0 Å². The average Bonchev–Trinajstić information content (AvgIpc) is 3.14. The number of anilines is 2. The van der Waals surface area contributed by atoms with Crippen LogP contribution in [0.1, 0.15) is 13.8 Å². The molecule has 0 fully saturated rings. The van der Waals surface area contributed by atoms with Crippen LogP contribution in [0, 0.1) is 11.7 Å². The molecule has 0 atom stereocenters. The van der Waals surface area contributed by atoms with Crippen molar-refractivity contribution in [1.82, 2.24) is 10.2 Å². The zero-order chi connectivity index (χ0) is 23.8. The van der Waals surface area contributed by atoms with E-state index in [2.05, 4.69) is 34.1 Å². The monoisotopic (exact) mass is 506 g/mol. The number of aromatic amines is 1. The van der Waals surface area contributed by atoms with Crippen LogP contribution >= 0.6 is 23.2 Å². The van der Waals surface area contributed by atoms with Gasteiger partial charge in [0.05, 0.1) is 21.3 Å². The number of hydrogen-bond acceptors (Lipinski definition) is 4. The highest BCUT2D eigenvalue weighted by Crippen LogP contribution is 2.33. The highest BCUT2D eigenvalue weighted by Gasteiger charge is 2.18. The van der Waals surface area contributed by atoms with Crippen molar-refractivity contribution < 1.29 is 12.8 Å². The summed E-state index contributed by atoms with van der Waals surface area (Å²) in [5.41, 5.74) is 2.67. The number of H-pyrrole nitrogens is 1. The van der Waals surface area contributed by atoms with Crippen LogP contribution in [0.25, 0.3) is 22.0 Å². The molecule has 1 heterocycles. The summed E-state index contributed by atoms with van der Waals surface area (Å²) in [6.45, 7) is 4.80. The molecule has 4 rings (SSSR count). The lowest BCUT2D eigenvalue weighted by Crippen LogP contribution is -2.14. The SMILES string of the molecule is CC(C)CNc1cc(NS(=O)(=O)c2cccc(-c3ccc(Cl)c(F)c3)c2)cc2c(Cl)[nH]nc12. The molecule has 10 heteroatoms. The number of benzene rings is 3. The summed E-state index contributed by atoms with van der Waals surface area (Å²) in [5, 5.41) is 11.1. The number of rotatable bonds is 7. The molecule has 0 bridgehead atoms. The maximum absolute atomic E-state index is 13.9. The zero-order valence-corrected chi connectivity index (χ0v) is 20.1. The second kappa shape index (κ2) is 9.21. The molecule has 33 heavy (non-hydrogen) atoms. The van der Waals surface area contributed by atoms with Gasteiger partial charge in [-0.25, -0.2) is 12.8 Å². The molecule has 0 amide bonds. The number of sulfonamides is 1. The summed E-state index contributed by atoms with van der Waals surface area (Å²) >= 11 is 12.0. The Labute approximate surface area is 201 Å². The van der Waals surface area contributed by atoms with E-state index < -0.39 is 15.8 Å². The molecule has 3 aromatic carbocycles. The van der Waals surface area contributed by atoms with E-state index in [1.165, 1.54) is 24.3 Å². The Kier molecular flexibility index (Phi) is 6.52. The third kappa shape index (κ3) is 5.08. The van der Waals surface area contributed by atoms with E-state index in [1.54, 1.807) is 30.3 Å². The van der Waals surface area contributed by atoms with Gasteiger partial charge >= 0.3 is 0 Å². The van der Waals surface area contributed by atoms with Gasteiger partial charge in [0.15, 0.2) is 0 Å². The molecule has 6 nitrogen and oxygen atoms in total. The lowest BCUT2D eigenvalue weighted by Gasteiger charge is -2.14. The smallest absolute Gasteiger partial charge is 0.261 e. The topological polar surface area (TPSA) is 86.9 Å². The van der Waals surface area contributed by atoms with Gasteiger partial charge in [-0.2, -0.15) is 5.10 Å². The summed E-state index contributed by atoms with van der Waals surface area (Å²) in [5.74, 6) is -0.206. The molecule has 0 spiro atoms. The maximum atomic E-state index is 13.9. The maximum Gasteiger partial charge on any atom is 0.261 e. The molecule has 0 aliphatic rings. The van der Waals surface area contributed by atoms with E-state index in [9.17, 15) is 12.8 Å². The third-order valence-corrected chi connectivity index (χ3v) is 6.94. The van der Waals surface area contributed by atoms with Crippen LogP contribution in [-0.4, -0.2) is 25.2 Å². The number of aromatic nitrogens is 2. The van der Waals surface area contributed by atoms with Gasteiger partial charge in [0.25, 0.3) is 10.0 Å². The standard InChI is InChI=1S/C23H21Cl2FN4O2S/c1-13(2)12-27-21-11-16(10-18-22(21)28-29-23(18)25)30-33(31,32)17-5-3-4-14(8-17)15-6-7-19(24)20(26)9-15/h3-11,13,27,30H,12H2,1-2H3,(H,28,29). The van der Waals surface area contributed by atoms with Crippen molar-refractivity contribution >= 4 is 55.5 Å². The van der Waals surface area contributed by atoms with E-state index in [0.717, 1.165) is 0 Å². The summed E-state index contributed by atoms with van der Waals surface area (Å²) in [6, 6.07) is 13.9. The Hall–Kier alpha value is -2.81. The van der Waals surface area contributed by atoms with Gasteiger partial charge in [-0.15, -0.1) is 0 Å². The quantitative estimate of drug-likeness (QED) is 0.265. The van der Waals surface area contributed by atoms with E-state index in [-0.39, 0.29) is 9.92 Å².